The molecule has 2 aromatic carbocycles. The first-order valence-corrected chi connectivity index (χ1v) is 7.24. The normalized spacial score (nSPS) is 10.6. The van der Waals surface area contributed by atoms with Crippen LogP contribution in [0.25, 0.3) is 0 Å². The molecule has 0 spiro atoms. The molecule has 0 heterocycles. The molecule has 0 bridgehead atoms. The van der Waals surface area contributed by atoms with Crippen LogP contribution in [0.5, 0.6) is 5.75 Å². The van der Waals surface area contributed by atoms with Crippen LogP contribution in [0.4, 0.5) is 0 Å². The lowest BCUT2D eigenvalue weighted by Crippen LogP contribution is -2.11. The fourth-order valence-electron chi connectivity index (χ4n) is 1.95. The van der Waals surface area contributed by atoms with Crippen LogP contribution < -0.4 is 10.1 Å². The van der Waals surface area contributed by atoms with Crippen LogP contribution in [-0.2, 0) is 13.2 Å². The van der Waals surface area contributed by atoms with Gasteiger partial charge in [0, 0.05) is 17.1 Å². The number of benzene rings is 2. The SMILES string of the molecule is CCNCc1cccc(OCc2ccc(C)cc2Cl)c1. The Labute approximate surface area is 125 Å². The topological polar surface area (TPSA) is 21.3 Å². The second-order valence-electron chi connectivity index (χ2n) is 4.81. The molecule has 0 atom stereocenters. The van der Waals surface area contributed by atoms with Crippen molar-refractivity contribution in [1.82, 2.24) is 5.32 Å². The molecule has 0 aliphatic heterocycles. The predicted octanol–water partition coefficient (Wildman–Crippen LogP) is 4.34. The van der Waals surface area contributed by atoms with Gasteiger partial charge < -0.3 is 10.1 Å². The lowest BCUT2D eigenvalue weighted by atomic mass is 10.1. The second-order valence-corrected chi connectivity index (χ2v) is 5.22. The van der Waals surface area contributed by atoms with Crippen molar-refractivity contribution in [3.05, 3.63) is 64.2 Å². The standard InChI is InChI=1S/C17H20ClNO/c1-3-19-11-14-5-4-6-16(10-14)20-12-15-8-7-13(2)9-17(15)18/h4-10,19H,3,11-12H2,1-2H3. The van der Waals surface area contributed by atoms with Crippen LogP contribution in [0.2, 0.25) is 5.02 Å². The monoisotopic (exact) mass is 289 g/mol. The highest BCUT2D eigenvalue weighted by atomic mass is 35.5. The van der Waals surface area contributed by atoms with Gasteiger partial charge in [0.15, 0.2) is 0 Å². The van der Waals surface area contributed by atoms with E-state index in [1.165, 1.54) is 5.56 Å². The third kappa shape index (κ3) is 4.26. The third-order valence-electron chi connectivity index (χ3n) is 3.08. The lowest BCUT2D eigenvalue weighted by molar-refractivity contribution is 0.306. The number of hydrogen-bond donors (Lipinski definition) is 1. The zero-order valence-corrected chi connectivity index (χ0v) is 12.7. The van der Waals surface area contributed by atoms with Crippen LogP contribution in [-0.4, -0.2) is 6.54 Å². The molecule has 2 rings (SSSR count). The van der Waals surface area contributed by atoms with E-state index in [0.717, 1.165) is 35.0 Å². The van der Waals surface area contributed by atoms with Gasteiger partial charge in [-0.15, -0.1) is 0 Å². The van der Waals surface area contributed by atoms with Gasteiger partial charge in [-0.05, 0) is 42.8 Å². The van der Waals surface area contributed by atoms with Gasteiger partial charge in [-0.3, -0.25) is 0 Å². The van der Waals surface area contributed by atoms with Crippen LogP contribution in [0.3, 0.4) is 0 Å². The second kappa shape index (κ2) is 7.32. The Kier molecular flexibility index (Phi) is 5.45. The molecule has 0 radical (unpaired) electrons. The van der Waals surface area contributed by atoms with Crippen molar-refractivity contribution in [2.45, 2.75) is 27.0 Å². The molecule has 2 nitrogen and oxygen atoms in total. The number of rotatable bonds is 6. The van der Waals surface area contributed by atoms with E-state index in [4.69, 9.17) is 16.3 Å². The first-order valence-electron chi connectivity index (χ1n) is 6.86. The van der Waals surface area contributed by atoms with Crippen LogP contribution in [0, 0.1) is 6.92 Å². The van der Waals surface area contributed by atoms with Crippen molar-refractivity contribution in [2.24, 2.45) is 0 Å². The summed E-state index contributed by atoms with van der Waals surface area (Å²) in [6, 6.07) is 14.2. The van der Waals surface area contributed by atoms with Crippen molar-refractivity contribution < 1.29 is 4.74 Å². The Hall–Kier alpha value is -1.51. The molecular weight excluding hydrogens is 270 g/mol. The molecule has 0 aliphatic rings. The van der Waals surface area contributed by atoms with Crippen LogP contribution >= 0.6 is 11.6 Å². The summed E-state index contributed by atoms with van der Waals surface area (Å²) >= 11 is 6.21. The summed E-state index contributed by atoms with van der Waals surface area (Å²) in [7, 11) is 0. The van der Waals surface area contributed by atoms with Crippen molar-refractivity contribution in [3.63, 3.8) is 0 Å². The van der Waals surface area contributed by atoms with Gasteiger partial charge in [0.1, 0.15) is 12.4 Å². The van der Waals surface area contributed by atoms with E-state index in [-0.39, 0.29) is 0 Å². The van der Waals surface area contributed by atoms with E-state index in [0.29, 0.717) is 6.61 Å². The van der Waals surface area contributed by atoms with Crippen molar-refractivity contribution in [3.8, 4) is 5.75 Å². The minimum Gasteiger partial charge on any atom is -0.489 e. The van der Waals surface area contributed by atoms with Gasteiger partial charge in [0.25, 0.3) is 0 Å². The molecule has 20 heavy (non-hydrogen) atoms. The van der Waals surface area contributed by atoms with Gasteiger partial charge in [-0.1, -0.05) is 42.8 Å². The molecule has 3 heteroatoms. The van der Waals surface area contributed by atoms with Crippen LogP contribution in [0.1, 0.15) is 23.6 Å². The van der Waals surface area contributed by atoms with Crippen molar-refractivity contribution in [2.75, 3.05) is 6.54 Å². The first kappa shape index (κ1) is 14.9. The lowest BCUT2D eigenvalue weighted by Gasteiger charge is -2.10. The van der Waals surface area contributed by atoms with E-state index in [9.17, 15) is 0 Å². The van der Waals surface area contributed by atoms with E-state index in [1.54, 1.807) is 0 Å². The molecule has 2 aromatic rings. The minimum absolute atomic E-state index is 0.490. The Morgan fingerprint density at radius 2 is 2.00 bits per heavy atom. The van der Waals surface area contributed by atoms with E-state index in [2.05, 4.69) is 24.4 Å². The van der Waals surface area contributed by atoms with E-state index in [1.807, 2.05) is 37.3 Å². The Balaban J connectivity index is 1.99. The molecule has 0 saturated heterocycles. The molecule has 106 valence electrons. The number of halogens is 1. The summed E-state index contributed by atoms with van der Waals surface area (Å²) < 4.78 is 5.82. The van der Waals surface area contributed by atoms with Crippen molar-refractivity contribution >= 4 is 11.6 Å². The zero-order chi connectivity index (χ0) is 14.4. The number of nitrogens with one attached hydrogen (secondary N) is 1. The molecule has 0 fully saturated rings. The summed E-state index contributed by atoms with van der Waals surface area (Å²) in [4.78, 5) is 0. The number of ether oxygens (including phenoxy) is 1. The molecule has 0 saturated carbocycles. The summed E-state index contributed by atoms with van der Waals surface area (Å²) in [6.45, 7) is 6.44. The summed E-state index contributed by atoms with van der Waals surface area (Å²) in [6.07, 6.45) is 0. The number of aryl methyl sites for hydroxylation is 1. The van der Waals surface area contributed by atoms with Gasteiger partial charge in [-0.25, -0.2) is 0 Å². The summed E-state index contributed by atoms with van der Waals surface area (Å²) in [5, 5.41) is 4.06. The fourth-order valence-corrected chi connectivity index (χ4v) is 2.23. The third-order valence-corrected chi connectivity index (χ3v) is 3.43. The Morgan fingerprint density at radius 3 is 2.75 bits per heavy atom. The Bertz CT molecular complexity index is 569. The quantitative estimate of drug-likeness (QED) is 0.854. The maximum Gasteiger partial charge on any atom is 0.120 e. The molecule has 0 aliphatic carbocycles. The highest BCUT2D eigenvalue weighted by Gasteiger charge is 2.02. The molecule has 1 N–H and O–H groups in total. The van der Waals surface area contributed by atoms with E-state index < -0.39 is 0 Å². The van der Waals surface area contributed by atoms with Gasteiger partial charge >= 0.3 is 0 Å². The molecule has 0 amide bonds. The largest absolute Gasteiger partial charge is 0.489 e. The molecule has 0 aromatic heterocycles. The molecule has 0 unspecified atom stereocenters. The first-order chi connectivity index (χ1) is 9.69. The van der Waals surface area contributed by atoms with Gasteiger partial charge in [0.2, 0.25) is 0 Å². The average molecular weight is 290 g/mol. The van der Waals surface area contributed by atoms with E-state index >= 15 is 0 Å². The maximum absolute atomic E-state index is 6.21. The summed E-state index contributed by atoms with van der Waals surface area (Å²) in [5.74, 6) is 0.872. The average Bonchev–Trinajstić information content (AvgIpc) is 2.45. The van der Waals surface area contributed by atoms with Gasteiger partial charge in [0.05, 0.1) is 0 Å². The minimum atomic E-state index is 0.490. The smallest absolute Gasteiger partial charge is 0.120 e. The van der Waals surface area contributed by atoms with Crippen LogP contribution in [0.15, 0.2) is 42.5 Å². The predicted molar refractivity (Wildman–Crippen MR) is 84.3 cm³/mol. The number of hydrogen-bond acceptors (Lipinski definition) is 2. The zero-order valence-electron chi connectivity index (χ0n) is 11.9. The summed E-state index contributed by atoms with van der Waals surface area (Å²) in [5.41, 5.74) is 3.39. The Morgan fingerprint density at radius 1 is 1.15 bits per heavy atom. The fraction of sp³-hybridized carbons (Fsp3) is 0.294. The maximum atomic E-state index is 6.21. The highest BCUT2D eigenvalue weighted by Crippen LogP contribution is 2.20. The van der Waals surface area contributed by atoms with Crippen molar-refractivity contribution in [1.29, 1.82) is 0 Å². The van der Waals surface area contributed by atoms with Gasteiger partial charge in [-0.2, -0.15) is 0 Å². The molecular formula is C17H20ClNO. The highest BCUT2D eigenvalue weighted by molar-refractivity contribution is 6.31.